The van der Waals surface area contributed by atoms with E-state index in [9.17, 15) is 0 Å². The van der Waals surface area contributed by atoms with Gasteiger partial charge in [0.15, 0.2) is 0 Å². The van der Waals surface area contributed by atoms with Crippen LogP contribution in [0.5, 0.6) is 5.75 Å². The minimum atomic E-state index is 0.534. The standard InChI is InChI=1S/C19H13ClN6OS/c1-27-16-5-3-11(9-14(16)20)21-19-13-6-7-28-17(13)12-4-2-10(8-15(12)22-19)18-23-25-26-24-18/h2-9H,1H3,(H,21,22)(H,23,24,25,26). The molecule has 5 rings (SSSR count). The van der Waals surface area contributed by atoms with E-state index in [4.69, 9.17) is 21.3 Å². The quantitative estimate of drug-likeness (QED) is 0.433. The summed E-state index contributed by atoms with van der Waals surface area (Å²) >= 11 is 7.94. The summed E-state index contributed by atoms with van der Waals surface area (Å²) in [5.74, 6) is 1.92. The molecule has 0 saturated carbocycles. The number of fused-ring (bicyclic) bond motifs is 3. The van der Waals surface area contributed by atoms with Crippen molar-refractivity contribution in [3.05, 3.63) is 52.9 Å². The Balaban J connectivity index is 1.64. The number of tetrazole rings is 1. The molecule has 0 bridgehead atoms. The summed E-state index contributed by atoms with van der Waals surface area (Å²) in [7, 11) is 1.59. The summed E-state index contributed by atoms with van der Waals surface area (Å²) in [5.41, 5.74) is 2.53. The minimum Gasteiger partial charge on any atom is -0.495 e. The van der Waals surface area contributed by atoms with Crippen molar-refractivity contribution in [3.8, 4) is 17.1 Å². The fraction of sp³-hybridized carbons (Fsp3) is 0.0526. The molecule has 28 heavy (non-hydrogen) atoms. The van der Waals surface area contributed by atoms with E-state index in [2.05, 4.69) is 37.4 Å². The third-order valence-corrected chi connectivity index (χ3v) is 5.66. The molecule has 0 aliphatic carbocycles. The van der Waals surface area contributed by atoms with Crippen molar-refractivity contribution in [1.82, 2.24) is 25.6 Å². The van der Waals surface area contributed by atoms with E-state index in [1.807, 2.05) is 36.4 Å². The molecule has 9 heteroatoms. The maximum Gasteiger partial charge on any atom is 0.204 e. The number of nitrogens with one attached hydrogen (secondary N) is 2. The number of ether oxygens (including phenoxy) is 1. The van der Waals surface area contributed by atoms with Crippen molar-refractivity contribution in [1.29, 1.82) is 0 Å². The number of halogens is 1. The lowest BCUT2D eigenvalue weighted by atomic mass is 10.1. The van der Waals surface area contributed by atoms with Crippen LogP contribution in [0.4, 0.5) is 11.5 Å². The number of hydrogen-bond acceptors (Lipinski definition) is 7. The van der Waals surface area contributed by atoms with Gasteiger partial charge in [-0.2, -0.15) is 5.21 Å². The van der Waals surface area contributed by atoms with Crippen molar-refractivity contribution in [2.24, 2.45) is 0 Å². The maximum absolute atomic E-state index is 6.26. The molecule has 0 saturated heterocycles. The van der Waals surface area contributed by atoms with Crippen LogP contribution in [-0.4, -0.2) is 32.7 Å². The number of rotatable bonds is 4. The summed E-state index contributed by atoms with van der Waals surface area (Å²) in [6.07, 6.45) is 0. The summed E-state index contributed by atoms with van der Waals surface area (Å²) in [4.78, 5) is 4.85. The van der Waals surface area contributed by atoms with Crippen molar-refractivity contribution < 1.29 is 4.74 Å². The van der Waals surface area contributed by atoms with Gasteiger partial charge in [0.05, 0.1) is 17.6 Å². The van der Waals surface area contributed by atoms with E-state index < -0.39 is 0 Å². The summed E-state index contributed by atoms with van der Waals surface area (Å²) in [6, 6.07) is 13.6. The molecule has 7 nitrogen and oxygen atoms in total. The fourth-order valence-electron chi connectivity index (χ4n) is 3.10. The third kappa shape index (κ3) is 2.83. The molecule has 0 atom stereocenters. The number of aromatic nitrogens is 5. The first-order valence-electron chi connectivity index (χ1n) is 8.38. The molecular formula is C19H13ClN6OS. The minimum absolute atomic E-state index is 0.534. The molecule has 0 aliphatic heterocycles. The molecule has 2 aromatic carbocycles. The van der Waals surface area contributed by atoms with Crippen LogP contribution in [-0.2, 0) is 0 Å². The van der Waals surface area contributed by atoms with Crippen LogP contribution in [0, 0.1) is 0 Å². The average Bonchev–Trinajstić information content (AvgIpc) is 3.40. The number of anilines is 2. The predicted octanol–water partition coefficient (Wildman–Crippen LogP) is 5.04. The van der Waals surface area contributed by atoms with Crippen LogP contribution in [0.15, 0.2) is 47.8 Å². The number of thiophene rings is 1. The average molecular weight is 409 g/mol. The van der Waals surface area contributed by atoms with Crippen LogP contribution in [0.25, 0.3) is 32.4 Å². The van der Waals surface area contributed by atoms with Crippen LogP contribution in [0.2, 0.25) is 5.02 Å². The van der Waals surface area contributed by atoms with Gasteiger partial charge in [-0.1, -0.05) is 23.7 Å². The van der Waals surface area contributed by atoms with Gasteiger partial charge in [0, 0.05) is 26.7 Å². The number of methoxy groups -OCH3 is 1. The molecule has 0 amide bonds. The zero-order chi connectivity index (χ0) is 19.1. The smallest absolute Gasteiger partial charge is 0.204 e. The zero-order valence-corrected chi connectivity index (χ0v) is 16.2. The number of pyridine rings is 1. The lowest BCUT2D eigenvalue weighted by Gasteiger charge is -2.11. The second-order valence-electron chi connectivity index (χ2n) is 6.07. The van der Waals surface area contributed by atoms with Gasteiger partial charge < -0.3 is 10.1 Å². The molecule has 0 radical (unpaired) electrons. The van der Waals surface area contributed by atoms with Crippen molar-refractivity contribution >= 4 is 55.4 Å². The predicted molar refractivity (Wildman–Crippen MR) is 112 cm³/mol. The van der Waals surface area contributed by atoms with E-state index >= 15 is 0 Å². The monoisotopic (exact) mass is 408 g/mol. The van der Waals surface area contributed by atoms with E-state index in [1.54, 1.807) is 18.4 Å². The van der Waals surface area contributed by atoms with E-state index in [0.29, 0.717) is 16.6 Å². The van der Waals surface area contributed by atoms with Gasteiger partial charge in [-0.15, -0.1) is 21.5 Å². The third-order valence-electron chi connectivity index (χ3n) is 4.41. The normalized spacial score (nSPS) is 11.2. The Morgan fingerprint density at radius 2 is 2.04 bits per heavy atom. The molecule has 0 spiro atoms. The zero-order valence-electron chi connectivity index (χ0n) is 14.6. The first-order valence-corrected chi connectivity index (χ1v) is 9.64. The number of benzene rings is 2. The highest BCUT2D eigenvalue weighted by atomic mass is 35.5. The Morgan fingerprint density at radius 3 is 2.82 bits per heavy atom. The van der Waals surface area contributed by atoms with Crippen LogP contribution >= 0.6 is 22.9 Å². The lowest BCUT2D eigenvalue weighted by molar-refractivity contribution is 0.415. The molecule has 3 aromatic heterocycles. The molecule has 3 heterocycles. The van der Waals surface area contributed by atoms with E-state index in [1.165, 1.54) is 0 Å². The molecule has 0 unspecified atom stereocenters. The van der Waals surface area contributed by atoms with Gasteiger partial charge in [-0.3, -0.25) is 0 Å². The van der Waals surface area contributed by atoms with Crippen LogP contribution < -0.4 is 10.1 Å². The summed E-state index contributed by atoms with van der Waals surface area (Å²) in [5, 5.41) is 22.3. The highest BCUT2D eigenvalue weighted by molar-refractivity contribution is 7.18. The van der Waals surface area contributed by atoms with Gasteiger partial charge in [-0.05, 0) is 40.9 Å². The molecular weight excluding hydrogens is 396 g/mol. The van der Waals surface area contributed by atoms with Gasteiger partial charge in [0.25, 0.3) is 0 Å². The molecule has 0 fully saturated rings. The van der Waals surface area contributed by atoms with Crippen molar-refractivity contribution in [2.75, 3.05) is 12.4 Å². The molecule has 5 aromatic rings. The topological polar surface area (TPSA) is 88.6 Å². The first kappa shape index (κ1) is 16.9. The number of hydrogen-bond donors (Lipinski definition) is 2. The summed E-state index contributed by atoms with van der Waals surface area (Å²) in [6.45, 7) is 0. The fourth-order valence-corrected chi connectivity index (χ4v) is 4.29. The second-order valence-corrected chi connectivity index (χ2v) is 7.39. The van der Waals surface area contributed by atoms with Gasteiger partial charge in [0.1, 0.15) is 11.6 Å². The second kappa shape index (κ2) is 6.74. The van der Waals surface area contributed by atoms with Gasteiger partial charge in [0.2, 0.25) is 5.82 Å². The number of aromatic amines is 1. The van der Waals surface area contributed by atoms with E-state index in [-0.39, 0.29) is 0 Å². The van der Waals surface area contributed by atoms with Gasteiger partial charge in [-0.25, -0.2) is 4.98 Å². The summed E-state index contributed by atoms with van der Waals surface area (Å²) < 4.78 is 6.38. The Hall–Kier alpha value is -3.23. The van der Waals surface area contributed by atoms with Crippen LogP contribution in [0.1, 0.15) is 0 Å². The Kier molecular flexibility index (Phi) is 4.07. The van der Waals surface area contributed by atoms with Crippen molar-refractivity contribution in [2.45, 2.75) is 0 Å². The van der Waals surface area contributed by atoms with Gasteiger partial charge >= 0.3 is 0 Å². The highest BCUT2D eigenvalue weighted by Gasteiger charge is 2.13. The van der Waals surface area contributed by atoms with Crippen molar-refractivity contribution in [3.63, 3.8) is 0 Å². The van der Waals surface area contributed by atoms with E-state index in [0.717, 1.165) is 38.1 Å². The highest BCUT2D eigenvalue weighted by Crippen LogP contribution is 2.36. The number of H-pyrrole nitrogens is 1. The maximum atomic E-state index is 6.26. The SMILES string of the molecule is COc1ccc(Nc2nc3cc(-c4nn[nH]n4)ccc3c3sccc23)cc1Cl. The number of nitrogens with zero attached hydrogens (tertiary/aromatic N) is 4. The Labute approximate surface area is 168 Å². The Morgan fingerprint density at radius 1 is 1.11 bits per heavy atom. The van der Waals surface area contributed by atoms with Crippen LogP contribution in [0.3, 0.4) is 0 Å². The molecule has 2 N–H and O–H groups in total. The largest absolute Gasteiger partial charge is 0.495 e. The lowest BCUT2D eigenvalue weighted by Crippen LogP contribution is -1.96. The Bertz CT molecular complexity index is 1300. The first-order chi connectivity index (χ1) is 13.7. The molecule has 0 aliphatic rings. The molecule has 138 valence electrons.